The highest BCUT2D eigenvalue weighted by molar-refractivity contribution is 7.80. The maximum atomic E-state index is 11.9. The van der Waals surface area contributed by atoms with E-state index in [1.165, 1.54) is 0 Å². The molecule has 0 spiro atoms. The lowest BCUT2D eigenvalue weighted by Gasteiger charge is -2.06. The molecule has 2 rings (SSSR count). The van der Waals surface area contributed by atoms with Crippen LogP contribution in [0.4, 0.5) is 0 Å². The van der Waals surface area contributed by atoms with Crippen LogP contribution in [0.1, 0.15) is 27.1 Å². The molecule has 0 bridgehead atoms. The molecule has 0 aromatic heterocycles. The normalized spacial score (nSPS) is 9.90. The molecule has 4 heteroatoms. The van der Waals surface area contributed by atoms with Crippen LogP contribution in [0, 0.1) is 0 Å². The van der Waals surface area contributed by atoms with E-state index < -0.39 is 0 Å². The number of carbonyl (C=O) groups excluding carboxylic acids is 2. The Morgan fingerprint density at radius 2 is 1.29 bits per heavy atom. The Labute approximate surface area is 128 Å². The van der Waals surface area contributed by atoms with Gasteiger partial charge in [0, 0.05) is 11.1 Å². The van der Waals surface area contributed by atoms with Crippen molar-refractivity contribution >= 4 is 28.8 Å². The van der Waals surface area contributed by atoms with Gasteiger partial charge in [-0.1, -0.05) is 60.7 Å². The van der Waals surface area contributed by atoms with E-state index in [4.69, 9.17) is 17.0 Å². The lowest BCUT2D eigenvalue weighted by Crippen LogP contribution is -2.15. The summed E-state index contributed by atoms with van der Waals surface area (Å²) < 4.78 is 5.21. The molecule has 0 saturated carbocycles. The van der Waals surface area contributed by atoms with Gasteiger partial charge in [0.25, 0.3) is 0 Å². The summed E-state index contributed by atoms with van der Waals surface area (Å²) >= 11 is 5.00. The molecule has 21 heavy (non-hydrogen) atoms. The molecule has 2 aromatic carbocycles. The Hall–Kier alpha value is -2.33. The fourth-order valence-electron chi connectivity index (χ4n) is 1.76. The SMILES string of the molecule is O=C(COC(=S)CC(=O)c1ccccc1)c1ccccc1. The topological polar surface area (TPSA) is 43.4 Å². The third kappa shape index (κ3) is 4.61. The number of rotatable bonds is 6. The highest BCUT2D eigenvalue weighted by Gasteiger charge is 2.12. The Balaban J connectivity index is 1.83. The van der Waals surface area contributed by atoms with Crippen LogP contribution in [0.3, 0.4) is 0 Å². The minimum absolute atomic E-state index is 0.00141. The molecule has 0 unspecified atom stereocenters. The highest BCUT2D eigenvalue weighted by Crippen LogP contribution is 2.06. The van der Waals surface area contributed by atoms with E-state index in [2.05, 4.69) is 0 Å². The van der Waals surface area contributed by atoms with Crippen molar-refractivity contribution in [3.63, 3.8) is 0 Å². The number of ether oxygens (including phenoxy) is 1. The zero-order valence-electron chi connectivity index (χ0n) is 11.3. The van der Waals surface area contributed by atoms with Gasteiger partial charge in [-0.05, 0) is 12.2 Å². The first-order chi connectivity index (χ1) is 10.2. The average Bonchev–Trinajstić information content (AvgIpc) is 2.54. The molecule has 0 saturated heterocycles. The van der Waals surface area contributed by atoms with E-state index in [0.29, 0.717) is 11.1 Å². The second-order valence-electron chi connectivity index (χ2n) is 4.42. The summed E-state index contributed by atoms with van der Waals surface area (Å²) in [5.41, 5.74) is 1.15. The third-order valence-electron chi connectivity index (χ3n) is 2.86. The molecule has 106 valence electrons. The van der Waals surface area contributed by atoms with Gasteiger partial charge in [0.05, 0.1) is 6.42 Å². The number of thiocarbonyl (C=S) groups is 1. The van der Waals surface area contributed by atoms with Gasteiger partial charge >= 0.3 is 0 Å². The van der Waals surface area contributed by atoms with Crippen molar-refractivity contribution in [1.82, 2.24) is 0 Å². The van der Waals surface area contributed by atoms with Crippen molar-refractivity contribution in [2.75, 3.05) is 6.61 Å². The molecule has 0 atom stereocenters. The van der Waals surface area contributed by atoms with Gasteiger partial charge in [-0.3, -0.25) is 9.59 Å². The maximum Gasteiger partial charge on any atom is 0.200 e. The Morgan fingerprint density at radius 1 is 0.810 bits per heavy atom. The minimum Gasteiger partial charge on any atom is -0.478 e. The maximum absolute atomic E-state index is 11.9. The molecule has 0 radical (unpaired) electrons. The molecule has 0 aliphatic carbocycles. The Kier molecular flexibility index (Phi) is 5.35. The van der Waals surface area contributed by atoms with Crippen molar-refractivity contribution in [2.45, 2.75) is 6.42 Å². The number of benzene rings is 2. The lowest BCUT2D eigenvalue weighted by atomic mass is 10.1. The standard InChI is InChI=1S/C17H14O3S/c18-15(13-7-3-1-4-8-13)11-17(21)20-12-16(19)14-9-5-2-6-10-14/h1-10H,11-12H2. The summed E-state index contributed by atoms with van der Waals surface area (Å²) in [6.45, 7) is -0.148. The lowest BCUT2D eigenvalue weighted by molar-refractivity contribution is 0.0902. The van der Waals surface area contributed by atoms with Crippen LogP contribution in [0.5, 0.6) is 0 Å². The summed E-state index contributed by atoms with van der Waals surface area (Å²) in [6.07, 6.45) is 0.00141. The van der Waals surface area contributed by atoms with E-state index in [1.807, 2.05) is 12.1 Å². The van der Waals surface area contributed by atoms with Crippen molar-refractivity contribution in [3.05, 3.63) is 71.8 Å². The van der Waals surface area contributed by atoms with Gasteiger partial charge in [-0.2, -0.15) is 0 Å². The highest BCUT2D eigenvalue weighted by atomic mass is 32.1. The van der Waals surface area contributed by atoms with E-state index in [0.717, 1.165) is 0 Å². The minimum atomic E-state index is -0.162. The first-order valence-corrected chi connectivity index (χ1v) is 6.90. The fraction of sp³-hybridized carbons (Fsp3) is 0.118. The van der Waals surface area contributed by atoms with E-state index in [-0.39, 0.29) is 29.6 Å². The number of hydrogen-bond donors (Lipinski definition) is 0. The largest absolute Gasteiger partial charge is 0.478 e. The number of ketones is 2. The Morgan fingerprint density at radius 3 is 1.81 bits per heavy atom. The van der Waals surface area contributed by atoms with Crippen LogP contribution >= 0.6 is 12.2 Å². The quantitative estimate of drug-likeness (QED) is 0.605. The monoisotopic (exact) mass is 298 g/mol. The molecule has 2 aromatic rings. The first kappa shape index (κ1) is 15.1. The van der Waals surface area contributed by atoms with Gasteiger partial charge in [0.15, 0.2) is 23.2 Å². The van der Waals surface area contributed by atoms with Crippen molar-refractivity contribution in [2.24, 2.45) is 0 Å². The second kappa shape index (κ2) is 7.45. The molecule has 0 heterocycles. The zero-order valence-corrected chi connectivity index (χ0v) is 12.1. The summed E-state index contributed by atoms with van der Waals surface area (Å²) in [4.78, 5) is 23.8. The summed E-state index contributed by atoms with van der Waals surface area (Å²) in [6, 6.07) is 17.7. The molecule has 3 nitrogen and oxygen atoms in total. The van der Waals surface area contributed by atoms with Crippen molar-refractivity contribution in [3.8, 4) is 0 Å². The smallest absolute Gasteiger partial charge is 0.200 e. The second-order valence-corrected chi connectivity index (χ2v) is 4.87. The summed E-state index contributed by atoms with van der Waals surface area (Å²) in [5.74, 6) is -0.280. The molecular weight excluding hydrogens is 284 g/mol. The van der Waals surface area contributed by atoms with Crippen molar-refractivity contribution in [1.29, 1.82) is 0 Å². The zero-order chi connectivity index (χ0) is 15.1. The summed E-state index contributed by atoms with van der Waals surface area (Å²) in [7, 11) is 0. The third-order valence-corrected chi connectivity index (χ3v) is 3.12. The van der Waals surface area contributed by atoms with Gasteiger partial charge in [0.1, 0.15) is 0 Å². The van der Waals surface area contributed by atoms with Crippen LogP contribution in [0.2, 0.25) is 0 Å². The van der Waals surface area contributed by atoms with E-state index in [1.54, 1.807) is 48.5 Å². The predicted octanol–water partition coefficient (Wildman–Crippen LogP) is 3.49. The van der Waals surface area contributed by atoms with Gasteiger partial charge in [-0.25, -0.2) is 0 Å². The number of hydrogen-bond acceptors (Lipinski definition) is 4. The van der Waals surface area contributed by atoms with Gasteiger partial charge in [-0.15, -0.1) is 0 Å². The average molecular weight is 298 g/mol. The van der Waals surface area contributed by atoms with E-state index in [9.17, 15) is 9.59 Å². The predicted molar refractivity (Wildman–Crippen MR) is 84.7 cm³/mol. The van der Waals surface area contributed by atoms with Crippen molar-refractivity contribution < 1.29 is 14.3 Å². The van der Waals surface area contributed by atoms with E-state index >= 15 is 0 Å². The number of Topliss-reactive ketones (excluding diaryl/α,β-unsaturated/α-hetero) is 2. The fourth-order valence-corrected chi connectivity index (χ4v) is 1.95. The van der Waals surface area contributed by atoms with Crippen LogP contribution in [-0.2, 0) is 4.74 Å². The van der Waals surface area contributed by atoms with Crippen LogP contribution in [0.15, 0.2) is 60.7 Å². The molecule has 0 fully saturated rings. The van der Waals surface area contributed by atoms with Crippen LogP contribution in [-0.4, -0.2) is 23.2 Å². The summed E-state index contributed by atoms with van der Waals surface area (Å²) in [5, 5.41) is 0.133. The molecule has 0 aliphatic rings. The molecule has 0 N–H and O–H groups in total. The first-order valence-electron chi connectivity index (χ1n) is 6.49. The number of carbonyl (C=O) groups is 2. The molecule has 0 amide bonds. The molecule has 0 aliphatic heterocycles. The van der Waals surface area contributed by atoms with Crippen LogP contribution in [0.25, 0.3) is 0 Å². The molecular formula is C17H14O3S. The Bertz CT molecular complexity index is 636. The van der Waals surface area contributed by atoms with Gasteiger partial charge < -0.3 is 4.74 Å². The van der Waals surface area contributed by atoms with Gasteiger partial charge in [0.2, 0.25) is 0 Å². The van der Waals surface area contributed by atoms with Crippen LogP contribution < -0.4 is 0 Å².